The van der Waals surface area contributed by atoms with Crippen LogP contribution in [0.15, 0.2) is 83.6 Å². The summed E-state index contributed by atoms with van der Waals surface area (Å²) in [7, 11) is 0. The largest absolute Gasteiger partial charge is 0.493 e. The third-order valence-corrected chi connectivity index (χ3v) is 5.91. The summed E-state index contributed by atoms with van der Waals surface area (Å²) in [4.78, 5) is 28.7. The molecule has 0 spiro atoms. The van der Waals surface area contributed by atoms with E-state index in [1.165, 1.54) is 6.08 Å². The maximum atomic E-state index is 12.6. The molecule has 1 amide bonds. The molecular weight excluding hydrogens is 510 g/mol. The topological polar surface area (TPSA) is 93.5 Å². The van der Waals surface area contributed by atoms with Crippen LogP contribution in [0.25, 0.3) is 17.1 Å². The number of nitrogens with zero attached hydrogens (tertiary/aromatic N) is 2. The molecule has 3 aromatic carbocycles. The van der Waals surface area contributed by atoms with E-state index in [4.69, 9.17) is 4.74 Å². The van der Waals surface area contributed by atoms with Crippen LogP contribution < -0.4 is 10.1 Å². The lowest BCUT2D eigenvalue weighted by Gasteiger charge is -2.18. The van der Waals surface area contributed by atoms with Gasteiger partial charge in [0.05, 0.1) is 36.4 Å². The fourth-order valence-electron chi connectivity index (χ4n) is 3.86. The van der Waals surface area contributed by atoms with E-state index < -0.39 is 12.0 Å². The molecule has 0 saturated heterocycles. The van der Waals surface area contributed by atoms with Gasteiger partial charge >= 0.3 is 5.97 Å². The number of halogens is 1. The standard InChI is InChI=1S/C27H24BrN3O4/c1-2-35-25-12-9-20(28)14-19(25)8-13-26(32)30-21-10-11-22-24(15-21)31(17-29-22)23(16-27(33)34)18-6-4-3-5-7-18/h3-15,17,23H,2,16H2,1H3,(H,30,32)(H,33,34). The molecule has 0 fully saturated rings. The first kappa shape index (κ1) is 24.2. The Balaban J connectivity index is 1.59. The molecule has 35 heavy (non-hydrogen) atoms. The van der Waals surface area contributed by atoms with Crippen molar-refractivity contribution >= 4 is 50.6 Å². The van der Waals surface area contributed by atoms with Crippen LogP contribution in [0.3, 0.4) is 0 Å². The maximum absolute atomic E-state index is 12.6. The summed E-state index contributed by atoms with van der Waals surface area (Å²) in [5.74, 6) is -0.521. The number of carboxylic acids is 1. The van der Waals surface area contributed by atoms with Gasteiger partial charge in [0.2, 0.25) is 5.91 Å². The van der Waals surface area contributed by atoms with E-state index >= 15 is 0 Å². The number of imidazole rings is 1. The van der Waals surface area contributed by atoms with Crippen molar-refractivity contribution in [3.63, 3.8) is 0 Å². The molecule has 4 aromatic rings. The van der Waals surface area contributed by atoms with Crippen molar-refractivity contribution < 1.29 is 19.4 Å². The van der Waals surface area contributed by atoms with Crippen LogP contribution in [-0.4, -0.2) is 33.1 Å². The molecule has 1 unspecified atom stereocenters. The van der Waals surface area contributed by atoms with Gasteiger partial charge in [0.15, 0.2) is 0 Å². The highest BCUT2D eigenvalue weighted by Gasteiger charge is 2.20. The second-order valence-electron chi connectivity index (χ2n) is 7.82. The highest BCUT2D eigenvalue weighted by atomic mass is 79.9. The first-order valence-corrected chi connectivity index (χ1v) is 11.9. The van der Waals surface area contributed by atoms with E-state index in [9.17, 15) is 14.7 Å². The van der Waals surface area contributed by atoms with Gasteiger partial charge in [-0.1, -0.05) is 46.3 Å². The summed E-state index contributed by atoms with van der Waals surface area (Å²) in [5.41, 5.74) is 3.66. The van der Waals surface area contributed by atoms with Gasteiger partial charge in [0, 0.05) is 21.8 Å². The zero-order valence-electron chi connectivity index (χ0n) is 19.0. The number of rotatable bonds is 9. The molecule has 0 bridgehead atoms. The molecule has 8 heteroatoms. The number of fused-ring (bicyclic) bond motifs is 1. The number of anilines is 1. The summed E-state index contributed by atoms with van der Waals surface area (Å²) >= 11 is 3.44. The molecule has 1 atom stereocenters. The summed E-state index contributed by atoms with van der Waals surface area (Å²) in [6.45, 7) is 2.43. The Morgan fingerprint density at radius 1 is 1.14 bits per heavy atom. The molecule has 4 rings (SSSR count). The van der Waals surface area contributed by atoms with Crippen LogP contribution in [0.5, 0.6) is 5.75 Å². The number of hydrogen-bond acceptors (Lipinski definition) is 4. The van der Waals surface area contributed by atoms with Crippen molar-refractivity contribution in [2.75, 3.05) is 11.9 Å². The molecule has 0 saturated carbocycles. The SMILES string of the molecule is CCOc1ccc(Br)cc1C=CC(=O)Nc1ccc2ncn(C(CC(=O)O)c3ccccc3)c2c1. The Morgan fingerprint density at radius 2 is 1.94 bits per heavy atom. The van der Waals surface area contributed by atoms with E-state index in [0.717, 1.165) is 21.1 Å². The van der Waals surface area contributed by atoms with Crippen LogP contribution >= 0.6 is 15.9 Å². The Kier molecular flexibility index (Phi) is 7.62. The average Bonchev–Trinajstić information content (AvgIpc) is 3.26. The molecular formula is C27H24BrN3O4. The first-order chi connectivity index (χ1) is 16.9. The monoisotopic (exact) mass is 533 g/mol. The van der Waals surface area contributed by atoms with Crippen molar-refractivity contribution in [3.8, 4) is 5.75 Å². The fourth-order valence-corrected chi connectivity index (χ4v) is 4.23. The zero-order valence-corrected chi connectivity index (χ0v) is 20.6. The van der Waals surface area contributed by atoms with Crippen molar-refractivity contribution in [1.82, 2.24) is 9.55 Å². The minimum absolute atomic E-state index is 0.0937. The van der Waals surface area contributed by atoms with Crippen LogP contribution in [0, 0.1) is 0 Å². The van der Waals surface area contributed by atoms with Crippen molar-refractivity contribution in [2.45, 2.75) is 19.4 Å². The number of benzene rings is 3. The molecule has 178 valence electrons. The van der Waals surface area contributed by atoms with Crippen molar-refractivity contribution in [2.24, 2.45) is 0 Å². The third kappa shape index (κ3) is 5.96. The minimum Gasteiger partial charge on any atom is -0.493 e. The minimum atomic E-state index is -0.908. The second kappa shape index (κ2) is 11.0. The quantitative estimate of drug-likeness (QED) is 0.260. The zero-order chi connectivity index (χ0) is 24.8. The molecule has 1 heterocycles. The lowest BCUT2D eigenvalue weighted by Crippen LogP contribution is -2.14. The van der Waals surface area contributed by atoms with E-state index in [0.29, 0.717) is 23.6 Å². The third-order valence-electron chi connectivity index (χ3n) is 5.42. The number of hydrogen-bond donors (Lipinski definition) is 2. The first-order valence-electron chi connectivity index (χ1n) is 11.1. The fraction of sp³-hybridized carbons (Fsp3) is 0.148. The number of ether oxygens (including phenoxy) is 1. The summed E-state index contributed by atoms with van der Waals surface area (Å²) in [5, 5.41) is 12.4. The van der Waals surface area contributed by atoms with E-state index in [1.54, 1.807) is 30.6 Å². The highest BCUT2D eigenvalue weighted by molar-refractivity contribution is 9.10. The van der Waals surface area contributed by atoms with Gasteiger partial charge in [-0.25, -0.2) is 4.98 Å². The van der Waals surface area contributed by atoms with E-state index in [2.05, 4.69) is 26.2 Å². The van der Waals surface area contributed by atoms with Crippen LogP contribution in [-0.2, 0) is 9.59 Å². The normalized spacial score (nSPS) is 12.1. The van der Waals surface area contributed by atoms with Crippen molar-refractivity contribution in [1.29, 1.82) is 0 Å². The Labute approximate surface area is 211 Å². The highest BCUT2D eigenvalue weighted by Crippen LogP contribution is 2.28. The number of carbonyl (C=O) groups excluding carboxylic acids is 1. The molecule has 0 aliphatic carbocycles. The van der Waals surface area contributed by atoms with Crippen LogP contribution in [0.1, 0.15) is 30.5 Å². The molecule has 0 aliphatic rings. The van der Waals surface area contributed by atoms with E-state index in [-0.39, 0.29) is 12.3 Å². The second-order valence-corrected chi connectivity index (χ2v) is 8.73. The number of carbonyl (C=O) groups is 2. The van der Waals surface area contributed by atoms with E-state index in [1.807, 2.05) is 60.0 Å². The number of nitrogens with one attached hydrogen (secondary N) is 1. The molecule has 7 nitrogen and oxygen atoms in total. The van der Waals surface area contributed by atoms with Crippen molar-refractivity contribution in [3.05, 3.63) is 94.7 Å². The van der Waals surface area contributed by atoms with Gasteiger partial charge < -0.3 is 19.7 Å². The van der Waals surface area contributed by atoms with Gasteiger partial charge in [-0.3, -0.25) is 9.59 Å². The summed E-state index contributed by atoms with van der Waals surface area (Å²) < 4.78 is 8.34. The van der Waals surface area contributed by atoms with Crippen LogP contribution in [0.2, 0.25) is 0 Å². The average molecular weight is 534 g/mol. The molecule has 0 aliphatic heterocycles. The van der Waals surface area contributed by atoms with Crippen LogP contribution in [0.4, 0.5) is 5.69 Å². The number of carboxylic acid groups (broad SMARTS) is 1. The molecule has 0 radical (unpaired) electrons. The van der Waals surface area contributed by atoms with Gasteiger partial charge in [-0.05, 0) is 55.0 Å². The number of aliphatic carboxylic acids is 1. The van der Waals surface area contributed by atoms with Gasteiger partial charge in [0.25, 0.3) is 0 Å². The number of amides is 1. The van der Waals surface area contributed by atoms with Gasteiger partial charge in [-0.2, -0.15) is 0 Å². The maximum Gasteiger partial charge on any atom is 0.305 e. The predicted octanol–water partition coefficient (Wildman–Crippen LogP) is 5.91. The molecule has 2 N–H and O–H groups in total. The molecule has 1 aromatic heterocycles. The Bertz CT molecular complexity index is 1380. The summed E-state index contributed by atoms with van der Waals surface area (Å²) in [6, 6.07) is 20.0. The smallest absolute Gasteiger partial charge is 0.305 e. The number of aromatic nitrogens is 2. The van der Waals surface area contributed by atoms with Gasteiger partial charge in [0.1, 0.15) is 5.75 Å². The van der Waals surface area contributed by atoms with Gasteiger partial charge in [-0.15, -0.1) is 0 Å². The Hall–Kier alpha value is -3.91. The lowest BCUT2D eigenvalue weighted by molar-refractivity contribution is -0.137. The lowest BCUT2D eigenvalue weighted by atomic mass is 10.0. The predicted molar refractivity (Wildman–Crippen MR) is 140 cm³/mol. The summed E-state index contributed by atoms with van der Waals surface area (Å²) in [6.07, 6.45) is 4.69. The Morgan fingerprint density at radius 3 is 2.69 bits per heavy atom.